The van der Waals surface area contributed by atoms with Gasteiger partial charge >= 0.3 is 0 Å². The van der Waals surface area contributed by atoms with E-state index in [0.29, 0.717) is 17.7 Å². The molecule has 0 aliphatic carbocycles. The third-order valence-corrected chi connectivity index (χ3v) is 5.29. The number of nitrogens with zero attached hydrogens (tertiary/aromatic N) is 2. The maximum atomic E-state index is 11.4. The summed E-state index contributed by atoms with van der Waals surface area (Å²) in [6.07, 6.45) is 3.07. The molecule has 4 nitrogen and oxygen atoms in total. The molecule has 1 unspecified atom stereocenters. The lowest BCUT2D eigenvalue weighted by molar-refractivity contribution is -0.0799. The minimum atomic E-state index is -0.881. The van der Waals surface area contributed by atoms with Crippen molar-refractivity contribution < 1.29 is 5.11 Å². The molecule has 0 saturated heterocycles. The highest BCUT2D eigenvalue weighted by Gasteiger charge is 2.40. The number of hydrogen-bond acceptors (Lipinski definition) is 3. The SMILES string of the molecule is Cc1cccc(CCC(O)(Cn2[nH]cnc2=S)C(C)(C)C)c1C. The Hall–Kier alpha value is -1.46. The first-order chi connectivity index (χ1) is 10.6. The quantitative estimate of drug-likeness (QED) is 0.814. The van der Waals surface area contributed by atoms with E-state index in [1.54, 1.807) is 11.0 Å². The van der Waals surface area contributed by atoms with Crippen molar-refractivity contribution in [1.29, 1.82) is 0 Å². The standard InChI is InChI=1S/C18H27N3OS/c1-13-7-6-8-15(14(13)2)9-10-18(22,17(3,4)5)11-21-16(23)19-12-20-21/h6-8,12,22H,9-11H2,1-5H3,(H,19,20,23). The highest BCUT2D eigenvalue weighted by Crippen LogP contribution is 2.36. The molecule has 0 aliphatic rings. The first-order valence-electron chi connectivity index (χ1n) is 8.02. The van der Waals surface area contributed by atoms with Crippen molar-refractivity contribution in [2.45, 2.75) is 59.6 Å². The van der Waals surface area contributed by atoms with Gasteiger partial charge in [-0.1, -0.05) is 39.0 Å². The van der Waals surface area contributed by atoms with Gasteiger partial charge in [0.1, 0.15) is 6.33 Å². The van der Waals surface area contributed by atoms with Crippen LogP contribution in [0.2, 0.25) is 0 Å². The van der Waals surface area contributed by atoms with Gasteiger partial charge in [0.05, 0.1) is 12.1 Å². The Morgan fingerprint density at radius 2 is 1.96 bits per heavy atom. The molecule has 23 heavy (non-hydrogen) atoms. The van der Waals surface area contributed by atoms with Crippen LogP contribution in [0.25, 0.3) is 0 Å². The Bertz CT molecular complexity index is 726. The van der Waals surface area contributed by atoms with Gasteiger partial charge in [-0.2, -0.15) is 0 Å². The summed E-state index contributed by atoms with van der Waals surface area (Å²) in [4.78, 5) is 4.04. The van der Waals surface area contributed by atoms with E-state index in [9.17, 15) is 5.11 Å². The second-order valence-corrected chi connectivity index (χ2v) is 7.76. The summed E-state index contributed by atoms with van der Waals surface area (Å²) in [7, 11) is 0. The monoisotopic (exact) mass is 333 g/mol. The summed E-state index contributed by atoms with van der Waals surface area (Å²) in [5.41, 5.74) is 2.74. The van der Waals surface area contributed by atoms with Crippen molar-refractivity contribution in [1.82, 2.24) is 14.8 Å². The largest absolute Gasteiger partial charge is 0.387 e. The van der Waals surface area contributed by atoms with E-state index in [2.05, 4.69) is 62.9 Å². The molecule has 126 valence electrons. The summed E-state index contributed by atoms with van der Waals surface area (Å²) < 4.78 is 2.21. The molecule has 2 rings (SSSR count). The van der Waals surface area contributed by atoms with Crippen LogP contribution in [0.3, 0.4) is 0 Å². The average Bonchev–Trinajstić information content (AvgIpc) is 2.84. The van der Waals surface area contributed by atoms with Crippen LogP contribution in [0.15, 0.2) is 24.5 Å². The topological polar surface area (TPSA) is 53.8 Å². The molecule has 2 N–H and O–H groups in total. The predicted octanol–water partition coefficient (Wildman–Crippen LogP) is 3.97. The van der Waals surface area contributed by atoms with Crippen LogP contribution in [-0.4, -0.2) is 25.5 Å². The molecule has 1 aromatic heterocycles. The molecule has 1 aromatic carbocycles. The summed E-state index contributed by atoms with van der Waals surface area (Å²) in [5, 5.41) is 14.3. The van der Waals surface area contributed by atoms with Gasteiger partial charge in [-0.25, -0.2) is 4.98 Å². The molecule has 0 fully saturated rings. The highest BCUT2D eigenvalue weighted by atomic mass is 32.1. The van der Waals surface area contributed by atoms with Crippen LogP contribution < -0.4 is 0 Å². The lowest BCUT2D eigenvalue weighted by Crippen LogP contribution is -2.47. The number of benzene rings is 1. The second-order valence-electron chi connectivity index (χ2n) is 7.40. The third kappa shape index (κ3) is 3.90. The summed E-state index contributed by atoms with van der Waals surface area (Å²) >= 11 is 5.20. The van der Waals surface area contributed by atoms with Gasteiger partial charge in [0.15, 0.2) is 0 Å². The highest BCUT2D eigenvalue weighted by molar-refractivity contribution is 7.71. The van der Waals surface area contributed by atoms with Crippen molar-refractivity contribution in [3.05, 3.63) is 46.0 Å². The molecule has 0 spiro atoms. The molecule has 1 heterocycles. The van der Waals surface area contributed by atoms with E-state index in [0.717, 1.165) is 6.42 Å². The normalized spacial score (nSPS) is 14.7. The van der Waals surface area contributed by atoms with Crippen LogP contribution in [0.5, 0.6) is 0 Å². The van der Waals surface area contributed by atoms with Gasteiger partial charge in [0.25, 0.3) is 0 Å². The van der Waals surface area contributed by atoms with Crippen molar-refractivity contribution in [2.75, 3.05) is 0 Å². The number of aryl methyl sites for hydroxylation is 2. The Morgan fingerprint density at radius 1 is 1.26 bits per heavy atom. The van der Waals surface area contributed by atoms with Crippen LogP contribution in [0, 0.1) is 24.0 Å². The molecule has 2 aromatic rings. The van der Waals surface area contributed by atoms with Crippen molar-refractivity contribution >= 4 is 12.2 Å². The third-order valence-electron chi connectivity index (χ3n) is 4.96. The molecule has 1 atom stereocenters. The average molecular weight is 334 g/mol. The van der Waals surface area contributed by atoms with Crippen LogP contribution in [-0.2, 0) is 13.0 Å². The zero-order valence-corrected chi connectivity index (χ0v) is 15.5. The van der Waals surface area contributed by atoms with E-state index in [4.69, 9.17) is 12.2 Å². The maximum Gasteiger partial charge on any atom is 0.215 e. The molecule has 0 radical (unpaired) electrons. The summed E-state index contributed by atoms with van der Waals surface area (Å²) in [6.45, 7) is 10.9. The van der Waals surface area contributed by atoms with Gasteiger partial charge in [-0.05, 0) is 61.0 Å². The molecule has 0 saturated carbocycles. The van der Waals surface area contributed by atoms with Gasteiger partial charge in [0, 0.05) is 0 Å². The van der Waals surface area contributed by atoms with E-state index < -0.39 is 5.60 Å². The van der Waals surface area contributed by atoms with Crippen molar-refractivity contribution in [3.8, 4) is 0 Å². The molecular weight excluding hydrogens is 306 g/mol. The fraction of sp³-hybridized carbons (Fsp3) is 0.556. The summed E-state index contributed by atoms with van der Waals surface area (Å²) in [6, 6.07) is 6.35. The minimum Gasteiger partial charge on any atom is -0.387 e. The fourth-order valence-electron chi connectivity index (χ4n) is 2.77. The van der Waals surface area contributed by atoms with Crippen LogP contribution in [0.1, 0.15) is 43.9 Å². The molecule has 0 amide bonds. The Labute approximate surface area is 143 Å². The number of hydrogen-bond donors (Lipinski definition) is 2. The number of rotatable bonds is 5. The lowest BCUT2D eigenvalue weighted by Gasteiger charge is -2.40. The molecular formula is C18H27N3OS. The van der Waals surface area contributed by atoms with Gasteiger partial charge in [0.2, 0.25) is 4.77 Å². The zero-order chi connectivity index (χ0) is 17.3. The molecule has 5 heteroatoms. The van der Waals surface area contributed by atoms with E-state index in [1.807, 2.05) is 0 Å². The van der Waals surface area contributed by atoms with Gasteiger partial charge in [-0.3, -0.25) is 9.78 Å². The Kier molecular flexibility index (Phi) is 5.11. The Morgan fingerprint density at radius 3 is 2.52 bits per heavy atom. The first kappa shape index (κ1) is 17.9. The smallest absolute Gasteiger partial charge is 0.215 e. The van der Waals surface area contributed by atoms with Crippen molar-refractivity contribution in [3.63, 3.8) is 0 Å². The van der Waals surface area contributed by atoms with Gasteiger partial charge in [-0.15, -0.1) is 0 Å². The van der Waals surface area contributed by atoms with E-state index >= 15 is 0 Å². The number of nitrogens with one attached hydrogen (secondary N) is 1. The minimum absolute atomic E-state index is 0.273. The van der Waals surface area contributed by atoms with E-state index in [-0.39, 0.29) is 5.41 Å². The van der Waals surface area contributed by atoms with Crippen LogP contribution >= 0.6 is 12.2 Å². The predicted molar refractivity (Wildman–Crippen MR) is 96.1 cm³/mol. The second kappa shape index (κ2) is 6.57. The summed E-state index contributed by atoms with van der Waals surface area (Å²) in [5.74, 6) is 0. The van der Waals surface area contributed by atoms with Crippen LogP contribution in [0.4, 0.5) is 0 Å². The molecule has 0 aliphatic heterocycles. The Balaban J connectivity index is 2.24. The first-order valence-corrected chi connectivity index (χ1v) is 8.42. The fourth-order valence-corrected chi connectivity index (χ4v) is 2.94. The number of H-pyrrole nitrogens is 1. The lowest BCUT2D eigenvalue weighted by atomic mass is 9.73. The number of aliphatic hydroxyl groups is 1. The van der Waals surface area contributed by atoms with E-state index in [1.165, 1.54) is 16.7 Å². The maximum absolute atomic E-state index is 11.4. The number of aromatic amines is 1. The van der Waals surface area contributed by atoms with Crippen molar-refractivity contribution in [2.24, 2.45) is 5.41 Å². The molecule has 0 bridgehead atoms. The van der Waals surface area contributed by atoms with Gasteiger partial charge < -0.3 is 5.11 Å². The zero-order valence-electron chi connectivity index (χ0n) is 14.7. The number of aromatic nitrogens is 3.